The average molecular weight is 239 g/mol. The molecule has 0 fully saturated rings. The lowest BCUT2D eigenvalue weighted by Crippen LogP contribution is -2.29. The van der Waals surface area contributed by atoms with Gasteiger partial charge in [0.15, 0.2) is 0 Å². The molecule has 0 aromatic carbocycles. The van der Waals surface area contributed by atoms with Crippen LogP contribution in [-0.2, 0) is 14.8 Å². The van der Waals surface area contributed by atoms with Crippen LogP contribution in [0.25, 0.3) is 0 Å². The summed E-state index contributed by atoms with van der Waals surface area (Å²) < 4.78 is 30.0. The molecule has 15 heavy (non-hydrogen) atoms. The molecule has 1 atom stereocenters. The molecule has 0 heterocycles. The minimum absolute atomic E-state index is 0.00445. The summed E-state index contributed by atoms with van der Waals surface area (Å²) in [5.41, 5.74) is 0. The Kier molecular flexibility index (Phi) is 7.95. The van der Waals surface area contributed by atoms with Gasteiger partial charge in [0.2, 0.25) is 10.0 Å². The third-order valence-electron chi connectivity index (χ3n) is 1.82. The van der Waals surface area contributed by atoms with Crippen LogP contribution in [0, 0.1) is 0 Å². The Morgan fingerprint density at radius 1 is 1.47 bits per heavy atom. The van der Waals surface area contributed by atoms with E-state index in [1.54, 1.807) is 6.92 Å². The van der Waals surface area contributed by atoms with E-state index >= 15 is 0 Å². The van der Waals surface area contributed by atoms with Crippen LogP contribution in [0.15, 0.2) is 0 Å². The Bertz CT molecular complexity index is 238. The Morgan fingerprint density at radius 3 is 2.67 bits per heavy atom. The summed E-state index contributed by atoms with van der Waals surface area (Å²) in [7, 11) is -3.21. The summed E-state index contributed by atoms with van der Waals surface area (Å²) >= 11 is 0. The molecule has 5 nitrogen and oxygen atoms in total. The van der Waals surface area contributed by atoms with Crippen molar-refractivity contribution in [2.75, 3.05) is 25.5 Å². The van der Waals surface area contributed by atoms with E-state index in [0.29, 0.717) is 26.0 Å². The normalized spacial score (nSPS) is 14.1. The highest BCUT2D eigenvalue weighted by Crippen LogP contribution is 1.95. The van der Waals surface area contributed by atoms with Crippen molar-refractivity contribution in [1.29, 1.82) is 0 Å². The summed E-state index contributed by atoms with van der Waals surface area (Å²) in [5, 5.41) is 8.96. The average Bonchev–Trinajstić information content (AvgIpc) is 2.13. The standard InChI is InChI=1S/C9H21NO4S/c1-3-14-7-8-15(12,13)10-6-4-5-9(2)11/h9-11H,3-8H2,1-2H3. The van der Waals surface area contributed by atoms with Crippen molar-refractivity contribution in [3.05, 3.63) is 0 Å². The van der Waals surface area contributed by atoms with E-state index in [4.69, 9.17) is 9.84 Å². The first-order valence-corrected chi connectivity index (χ1v) is 6.86. The molecule has 0 rings (SSSR count). The van der Waals surface area contributed by atoms with Crippen LogP contribution in [0.3, 0.4) is 0 Å². The number of nitrogens with one attached hydrogen (secondary N) is 1. The second-order valence-electron chi connectivity index (χ2n) is 3.40. The molecule has 0 spiro atoms. The van der Waals surface area contributed by atoms with Gasteiger partial charge in [-0.25, -0.2) is 13.1 Å². The molecule has 0 saturated heterocycles. The highest BCUT2D eigenvalue weighted by molar-refractivity contribution is 7.89. The molecule has 0 amide bonds. The van der Waals surface area contributed by atoms with Gasteiger partial charge in [0.05, 0.1) is 18.5 Å². The van der Waals surface area contributed by atoms with E-state index in [2.05, 4.69) is 4.72 Å². The fraction of sp³-hybridized carbons (Fsp3) is 1.00. The molecule has 0 aliphatic carbocycles. The number of sulfonamides is 1. The van der Waals surface area contributed by atoms with Gasteiger partial charge in [0.1, 0.15) is 0 Å². The summed E-state index contributed by atoms with van der Waals surface area (Å²) in [6.45, 7) is 4.63. The van der Waals surface area contributed by atoms with Gasteiger partial charge in [0, 0.05) is 13.2 Å². The van der Waals surface area contributed by atoms with Crippen LogP contribution in [0.2, 0.25) is 0 Å². The number of hydrogen-bond acceptors (Lipinski definition) is 4. The monoisotopic (exact) mass is 239 g/mol. The topological polar surface area (TPSA) is 75.6 Å². The molecular formula is C9H21NO4S. The van der Waals surface area contributed by atoms with Gasteiger partial charge in [-0.2, -0.15) is 0 Å². The quantitative estimate of drug-likeness (QED) is 0.560. The van der Waals surface area contributed by atoms with E-state index in [9.17, 15) is 8.42 Å². The van der Waals surface area contributed by atoms with Crippen molar-refractivity contribution in [3.63, 3.8) is 0 Å². The Balaban J connectivity index is 3.56. The first-order chi connectivity index (χ1) is 6.98. The molecular weight excluding hydrogens is 218 g/mol. The minimum Gasteiger partial charge on any atom is -0.393 e. The van der Waals surface area contributed by atoms with Gasteiger partial charge in [-0.3, -0.25) is 0 Å². The third-order valence-corrected chi connectivity index (χ3v) is 3.17. The number of aliphatic hydroxyl groups is 1. The van der Waals surface area contributed by atoms with Gasteiger partial charge >= 0.3 is 0 Å². The maximum absolute atomic E-state index is 11.3. The van der Waals surface area contributed by atoms with Gasteiger partial charge in [-0.05, 0) is 26.7 Å². The smallest absolute Gasteiger partial charge is 0.213 e. The van der Waals surface area contributed by atoms with Crippen LogP contribution in [0.5, 0.6) is 0 Å². The van der Waals surface area contributed by atoms with E-state index in [0.717, 1.165) is 0 Å². The largest absolute Gasteiger partial charge is 0.393 e. The number of aliphatic hydroxyl groups excluding tert-OH is 1. The Morgan fingerprint density at radius 2 is 2.13 bits per heavy atom. The number of ether oxygens (including phenoxy) is 1. The van der Waals surface area contributed by atoms with Crippen LogP contribution >= 0.6 is 0 Å². The second kappa shape index (κ2) is 8.04. The Hall–Kier alpha value is -0.170. The van der Waals surface area contributed by atoms with Crippen molar-refractivity contribution < 1.29 is 18.3 Å². The predicted octanol–water partition coefficient (Wildman–Crippen LogP) is 0.103. The van der Waals surface area contributed by atoms with Crippen molar-refractivity contribution in [1.82, 2.24) is 4.72 Å². The van der Waals surface area contributed by atoms with Gasteiger partial charge < -0.3 is 9.84 Å². The minimum atomic E-state index is -3.21. The zero-order valence-corrected chi connectivity index (χ0v) is 10.2. The lowest BCUT2D eigenvalue weighted by atomic mass is 10.2. The molecule has 0 aliphatic rings. The van der Waals surface area contributed by atoms with Gasteiger partial charge in [0.25, 0.3) is 0 Å². The van der Waals surface area contributed by atoms with Crippen molar-refractivity contribution in [2.45, 2.75) is 32.8 Å². The fourth-order valence-corrected chi connectivity index (χ4v) is 1.95. The molecule has 0 saturated carbocycles. The summed E-state index contributed by atoms with van der Waals surface area (Å²) in [5.74, 6) is -0.00445. The molecule has 0 aromatic heterocycles. The first kappa shape index (κ1) is 14.8. The third kappa shape index (κ3) is 10.1. The predicted molar refractivity (Wildman–Crippen MR) is 59.2 cm³/mol. The molecule has 0 aliphatic heterocycles. The number of hydrogen-bond donors (Lipinski definition) is 2. The summed E-state index contributed by atoms with van der Waals surface area (Å²) in [6, 6.07) is 0. The fourth-order valence-electron chi connectivity index (χ4n) is 1.01. The maximum atomic E-state index is 11.3. The number of rotatable bonds is 9. The van der Waals surface area contributed by atoms with Crippen molar-refractivity contribution >= 4 is 10.0 Å². The lowest BCUT2D eigenvalue weighted by molar-refractivity contribution is 0.163. The van der Waals surface area contributed by atoms with E-state index in [-0.39, 0.29) is 18.5 Å². The summed E-state index contributed by atoms with van der Waals surface area (Å²) in [4.78, 5) is 0. The first-order valence-electron chi connectivity index (χ1n) is 5.21. The van der Waals surface area contributed by atoms with Gasteiger partial charge in [-0.1, -0.05) is 0 Å². The lowest BCUT2D eigenvalue weighted by Gasteiger charge is -2.07. The molecule has 1 unspecified atom stereocenters. The maximum Gasteiger partial charge on any atom is 0.213 e. The molecule has 0 aromatic rings. The molecule has 92 valence electrons. The van der Waals surface area contributed by atoms with E-state index < -0.39 is 10.0 Å². The second-order valence-corrected chi connectivity index (χ2v) is 5.33. The highest BCUT2D eigenvalue weighted by Gasteiger charge is 2.08. The van der Waals surface area contributed by atoms with Crippen LogP contribution < -0.4 is 4.72 Å². The zero-order chi connectivity index (χ0) is 11.7. The van der Waals surface area contributed by atoms with Gasteiger partial charge in [-0.15, -0.1) is 0 Å². The van der Waals surface area contributed by atoms with E-state index in [1.165, 1.54) is 0 Å². The molecule has 6 heteroatoms. The Labute approximate surface area is 91.9 Å². The van der Waals surface area contributed by atoms with Crippen LogP contribution in [-0.4, -0.2) is 45.1 Å². The van der Waals surface area contributed by atoms with Crippen molar-refractivity contribution in [3.8, 4) is 0 Å². The van der Waals surface area contributed by atoms with Crippen molar-refractivity contribution in [2.24, 2.45) is 0 Å². The van der Waals surface area contributed by atoms with E-state index in [1.807, 2.05) is 6.92 Å². The molecule has 0 bridgehead atoms. The van der Waals surface area contributed by atoms with Crippen LogP contribution in [0.4, 0.5) is 0 Å². The molecule has 0 radical (unpaired) electrons. The summed E-state index contributed by atoms with van der Waals surface area (Å²) in [6.07, 6.45) is 0.873. The highest BCUT2D eigenvalue weighted by atomic mass is 32.2. The molecule has 2 N–H and O–H groups in total. The SMILES string of the molecule is CCOCCS(=O)(=O)NCCCC(C)O. The zero-order valence-electron chi connectivity index (χ0n) is 9.40. The van der Waals surface area contributed by atoms with Crippen LogP contribution in [0.1, 0.15) is 26.7 Å².